The van der Waals surface area contributed by atoms with Gasteiger partial charge in [0.25, 0.3) is 0 Å². The summed E-state index contributed by atoms with van der Waals surface area (Å²) in [5.74, 6) is 0.678. The lowest BCUT2D eigenvalue weighted by molar-refractivity contribution is -0.139. The van der Waals surface area contributed by atoms with Crippen molar-refractivity contribution >= 4 is 35.5 Å². The van der Waals surface area contributed by atoms with Gasteiger partial charge in [-0.05, 0) is 18.4 Å². The van der Waals surface area contributed by atoms with E-state index in [4.69, 9.17) is 5.11 Å². The molecule has 0 bridgehead atoms. The van der Waals surface area contributed by atoms with E-state index in [1.54, 1.807) is 16.7 Å². The predicted octanol–water partition coefficient (Wildman–Crippen LogP) is 1.34. The highest BCUT2D eigenvalue weighted by molar-refractivity contribution is 8.00. The van der Waals surface area contributed by atoms with Crippen molar-refractivity contribution in [3.63, 3.8) is 0 Å². The zero-order valence-corrected chi connectivity index (χ0v) is 12.4. The Morgan fingerprint density at radius 2 is 2.33 bits per heavy atom. The van der Waals surface area contributed by atoms with Crippen LogP contribution in [0.3, 0.4) is 0 Å². The van der Waals surface area contributed by atoms with E-state index in [9.17, 15) is 9.59 Å². The van der Waals surface area contributed by atoms with E-state index in [1.165, 1.54) is 0 Å². The average Bonchev–Trinajstić information content (AvgIpc) is 2.33. The summed E-state index contributed by atoms with van der Waals surface area (Å²) in [5, 5.41) is 12.1. The Labute approximate surface area is 116 Å². The first kappa shape index (κ1) is 15.5. The third kappa shape index (κ3) is 4.97. The average molecular weight is 292 g/mol. The second-order valence-corrected chi connectivity index (χ2v) is 6.78. The summed E-state index contributed by atoms with van der Waals surface area (Å²) in [6.07, 6.45) is 2.38. The van der Waals surface area contributed by atoms with E-state index in [0.29, 0.717) is 24.8 Å². The Hall–Kier alpha value is -0.560. The van der Waals surface area contributed by atoms with Crippen LogP contribution in [0.25, 0.3) is 0 Å². The maximum absolute atomic E-state index is 12.0. The van der Waals surface area contributed by atoms with Crippen molar-refractivity contribution in [3.05, 3.63) is 0 Å². The molecule has 0 spiro atoms. The maximum atomic E-state index is 12.0. The maximum Gasteiger partial charge on any atom is 0.326 e. The molecule has 0 aromatic heterocycles. The largest absolute Gasteiger partial charge is 0.480 e. The van der Waals surface area contributed by atoms with Gasteiger partial charge < -0.3 is 15.3 Å². The quantitative estimate of drug-likeness (QED) is 0.800. The van der Waals surface area contributed by atoms with Crippen LogP contribution in [0.1, 0.15) is 13.3 Å². The number of nitrogens with zero attached hydrogens (tertiary/aromatic N) is 1. The molecule has 1 rings (SSSR count). The van der Waals surface area contributed by atoms with Gasteiger partial charge in [0.1, 0.15) is 6.04 Å². The third-order valence-electron chi connectivity index (χ3n) is 2.73. The molecule has 0 saturated carbocycles. The highest BCUT2D eigenvalue weighted by Gasteiger charge is 2.25. The minimum atomic E-state index is -0.961. The summed E-state index contributed by atoms with van der Waals surface area (Å²) >= 11 is 3.42. The normalized spacial score (nSPS) is 21.4. The fourth-order valence-corrected chi connectivity index (χ4v) is 3.22. The molecule has 1 saturated heterocycles. The number of hydrogen-bond acceptors (Lipinski definition) is 4. The van der Waals surface area contributed by atoms with Gasteiger partial charge in [-0.15, -0.1) is 0 Å². The fraction of sp³-hybridized carbons (Fsp3) is 0.818. The number of hydrogen-bond donors (Lipinski definition) is 2. The summed E-state index contributed by atoms with van der Waals surface area (Å²) in [5.41, 5.74) is 0. The van der Waals surface area contributed by atoms with E-state index in [2.05, 4.69) is 12.2 Å². The second kappa shape index (κ2) is 7.78. The van der Waals surface area contributed by atoms with E-state index < -0.39 is 12.0 Å². The highest BCUT2D eigenvalue weighted by Crippen LogP contribution is 2.17. The number of aliphatic carboxylic acids is 1. The molecule has 0 aliphatic carbocycles. The molecule has 1 unspecified atom stereocenters. The highest BCUT2D eigenvalue weighted by atomic mass is 32.2. The van der Waals surface area contributed by atoms with E-state index in [1.807, 2.05) is 18.0 Å². The van der Waals surface area contributed by atoms with Gasteiger partial charge >= 0.3 is 12.0 Å². The van der Waals surface area contributed by atoms with E-state index >= 15 is 0 Å². The van der Waals surface area contributed by atoms with Crippen molar-refractivity contribution in [1.82, 2.24) is 10.2 Å². The Kier molecular flexibility index (Phi) is 6.70. The Balaban J connectivity index is 2.46. The fourth-order valence-electron chi connectivity index (χ4n) is 1.74. The molecule has 2 amide bonds. The van der Waals surface area contributed by atoms with Crippen molar-refractivity contribution < 1.29 is 14.7 Å². The van der Waals surface area contributed by atoms with Gasteiger partial charge in [0.05, 0.1) is 0 Å². The minimum Gasteiger partial charge on any atom is -0.480 e. The van der Waals surface area contributed by atoms with Crippen LogP contribution < -0.4 is 5.32 Å². The molecule has 0 aromatic carbocycles. The number of carboxylic acids is 1. The van der Waals surface area contributed by atoms with Crippen molar-refractivity contribution in [2.75, 3.05) is 30.9 Å². The summed E-state index contributed by atoms with van der Waals surface area (Å²) < 4.78 is 0. The number of nitrogens with one attached hydrogen (secondary N) is 1. The van der Waals surface area contributed by atoms with Gasteiger partial charge in [0.2, 0.25) is 0 Å². The van der Waals surface area contributed by atoms with Gasteiger partial charge in [0.15, 0.2) is 0 Å². The van der Waals surface area contributed by atoms with Crippen LogP contribution in [0.4, 0.5) is 4.79 Å². The molecule has 5 nitrogen and oxygen atoms in total. The van der Waals surface area contributed by atoms with E-state index in [-0.39, 0.29) is 6.03 Å². The molecule has 2 N–H and O–H groups in total. The number of amides is 2. The predicted molar refractivity (Wildman–Crippen MR) is 76.4 cm³/mol. The first-order valence-corrected chi connectivity index (χ1v) is 8.37. The van der Waals surface area contributed by atoms with Crippen molar-refractivity contribution in [3.8, 4) is 0 Å². The van der Waals surface area contributed by atoms with Crippen LogP contribution in [0.2, 0.25) is 0 Å². The molecule has 1 aliphatic rings. The molecule has 0 radical (unpaired) electrons. The van der Waals surface area contributed by atoms with Gasteiger partial charge in [-0.3, -0.25) is 0 Å². The molecule has 7 heteroatoms. The molecule has 2 atom stereocenters. The lowest BCUT2D eigenvalue weighted by Gasteiger charge is -2.31. The molecule has 0 aromatic rings. The molecular formula is C11H20N2O3S2. The lowest BCUT2D eigenvalue weighted by atomic mass is 10.2. The van der Waals surface area contributed by atoms with Crippen molar-refractivity contribution in [2.45, 2.75) is 24.6 Å². The molecule has 104 valence electrons. The molecule has 1 fully saturated rings. The molecule has 1 heterocycles. The van der Waals surface area contributed by atoms with Crippen molar-refractivity contribution in [2.24, 2.45) is 0 Å². The number of thioether (sulfide) groups is 2. The van der Waals surface area contributed by atoms with Crippen LogP contribution in [-0.4, -0.2) is 64.1 Å². The topological polar surface area (TPSA) is 69.6 Å². The zero-order valence-electron chi connectivity index (χ0n) is 10.7. The molecule has 1 aliphatic heterocycles. The lowest BCUT2D eigenvalue weighted by Crippen LogP contribution is -2.51. The summed E-state index contributed by atoms with van der Waals surface area (Å²) in [7, 11) is 0. The first-order valence-electron chi connectivity index (χ1n) is 5.93. The van der Waals surface area contributed by atoms with Gasteiger partial charge in [-0.2, -0.15) is 23.5 Å². The number of carboxylic acid groups (broad SMARTS) is 1. The number of rotatable bonds is 5. The Morgan fingerprint density at radius 1 is 1.61 bits per heavy atom. The van der Waals surface area contributed by atoms with Crippen LogP contribution in [0.15, 0.2) is 0 Å². The molecule has 18 heavy (non-hydrogen) atoms. The van der Waals surface area contributed by atoms with E-state index in [0.717, 1.165) is 11.5 Å². The smallest absolute Gasteiger partial charge is 0.326 e. The molecular weight excluding hydrogens is 272 g/mol. The monoisotopic (exact) mass is 292 g/mol. The zero-order chi connectivity index (χ0) is 13.5. The first-order chi connectivity index (χ1) is 8.54. The van der Waals surface area contributed by atoms with Crippen LogP contribution in [0.5, 0.6) is 0 Å². The Bertz CT molecular complexity index is 302. The Morgan fingerprint density at radius 3 is 2.89 bits per heavy atom. The second-order valence-electron chi connectivity index (χ2n) is 4.25. The summed E-state index contributed by atoms with van der Waals surface area (Å²) in [4.78, 5) is 24.7. The summed E-state index contributed by atoms with van der Waals surface area (Å²) in [6.45, 7) is 3.45. The van der Waals surface area contributed by atoms with Gasteiger partial charge in [-0.1, -0.05) is 6.92 Å². The standard InChI is InChI=1S/C11H20N2O3S2/c1-8-7-13(4-6-18-8)11(16)12-9(10(14)15)3-5-17-2/h8-9H,3-7H2,1-2H3,(H,12,16)(H,14,15)/t8?,9-/m1/s1. The summed E-state index contributed by atoms with van der Waals surface area (Å²) in [6, 6.07) is -1.04. The van der Waals surface area contributed by atoms with Crippen LogP contribution in [-0.2, 0) is 4.79 Å². The van der Waals surface area contributed by atoms with Gasteiger partial charge in [-0.25, -0.2) is 9.59 Å². The SMILES string of the molecule is CSCC[C@@H](NC(=O)N1CCSC(C)C1)C(=O)O. The van der Waals surface area contributed by atoms with Gasteiger partial charge in [0, 0.05) is 24.1 Å². The third-order valence-corrected chi connectivity index (χ3v) is 4.52. The van der Waals surface area contributed by atoms with Crippen molar-refractivity contribution in [1.29, 1.82) is 0 Å². The number of carbonyl (C=O) groups excluding carboxylic acids is 1. The number of carbonyl (C=O) groups is 2. The van der Waals surface area contributed by atoms with Crippen LogP contribution in [0, 0.1) is 0 Å². The number of urea groups is 1. The van der Waals surface area contributed by atoms with Crippen LogP contribution >= 0.6 is 23.5 Å². The minimum absolute atomic E-state index is 0.254.